The van der Waals surface area contributed by atoms with Crippen LogP contribution in [0.15, 0.2) is 0 Å². The van der Waals surface area contributed by atoms with E-state index in [0.717, 1.165) is 38.5 Å². The fourth-order valence-electron chi connectivity index (χ4n) is 4.22. The summed E-state index contributed by atoms with van der Waals surface area (Å²) >= 11 is 0. The van der Waals surface area contributed by atoms with Crippen molar-refractivity contribution in [1.29, 1.82) is 0 Å². The van der Waals surface area contributed by atoms with Gasteiger partial charge in [0.2, 0.25) is 0 Å². The smallest absolute Gasteiger partial charge is 0.254 e. The average molecular weight is 229 g/mol. The van der Waals surface area contributed by atoms with Crippen molar-refractivity contribution in [1.82, 2.24) is 5.32 Å². The molecule has 3 aliphatic rings. The zero-order valence-corrected chi connectivity index (χ0v) is 9.72. The van der Waals surface area contributed by atoms with Crippen LogP contribution in [0.3, 0.4) is 0 Å². The number of hydrogen-bond donors (Lipinski definition) is 1. The van der Waals surface area contributed by atoms with Crippen molar-refractivity contribution in [2.75, 3.05) is 0 Å². The second-order valence-electron chi connectivity index (χ2n) is 5.94. The molecule has 92 valence electrons. The third-order valence-electron chi connectivity index (χ3n) is 4.87. The van der Waals surface area contributed by atoms with Gasteiger partial charge in [0.1, 0.15) is 0 Å². The van der Waals surface area contributed by atoms with Crippen molar-refractivity contribution in [2.24, 2.45) is 11.8 Å². The van der Waals surface area contributed by atoms with Crippen LogP contribution in [0, 0.1) is 11.8 Å². The van der Waals surface area contributed by atoms with Gasteiger partial charge in [-0.1, -0.05) is 19.3 Å². The molecule has 2 bridgehead atoms. The lowest BCUT2D eigenvalue weighted by Crippen LogP contribution is -2.54. The van der Waals surface area contributed by atoms with Crippen molar-refractivity contribution in [2.45, 2.75) is 69.4 Å². The first-order valence-corrected chi connectivity index (χ1v) is 6.81. The molecule has 0 amide bonds. The number of halogens is 2. The summed E-state index contributed by atoms with van der Waals surface area (Å²) in [5.41, 5.74) is 0. The summed E-state index contributed by atoms with van der Waals surface area (Å²) in [5.74, 6) is -2.49. The number of nitrogens with one attached hydrogen (secondary N) is 1. The van der Waals surface area contributed by atoms with Crippen LogP contribution in [0.25, 0.3) is 0 Å². The van der Waals surface area contributed by atoms with Gasteiger partial charge in [0.05, 0.1) is 0 Å². The minimum Gasteiger partial charge on any atom is -0.310 e. The van der Waals surface area contributed by atoms with Gasteiger partial charge in [-0.15, -0.1) is 0 Å². The molecule has 3 unspecified atom stereocenters. The highest BCUT2D eigenvalue weighted by Gasteiger charge is 2.55. The third kappa shape index (κ3) is 1.77. The van der Waals surface area contributed by atoms with Gasteiger partial charge in [-0.05, 0) is 31.6 Å². The molecule has 0 aromatic heterocycles. The first-order chi connectivity index (χ1) is 7.67. The molecule has 3 heteroatoms. The van der Waals surface area contributed by atoms with E-state index in [4.69, 9.17) is 0 Å². The predicted molar refractivity (Wildman–Crippen MR) is 59.6 cm³/mol. The zero-order valence-electron chi connectivity index (χ0n) is 9.72. The second kappa shape index (κ2) is 3.94. The third-order valence-corrected chi connectivity index (χ3v) is 4.87. The summed E-state index contributed by atoms with van der Waals surface area (Å²) in [7, 11) is 0. The monoisotopic (exact) mass is 229 g/mol. The SMILES string of the molecule is FC1(F)CC2CCC(N2)C1C1CCCCC1. The van der Waals surface area contributed by atoms with Crippen LogP contribution in [0.4, 0.5) is 8.78 Å². The molecule has 1 saturated carbocycles. The van der Waals surface area contributed by atoms with Crippen LogP contribution < -0.4 is 5.32 Å². The van der Waals surface area contributed by atoms with Gasteiger partial charge in [-0.3, -0.25) is 0 Å². The molecular formula is C13H21F2N. The van der Waals surface area contributed by atoms with Crippen molar-refractivity contribution >= 4 is 0 Å². The molecule has 3 fully saturated rings. The van der Waals surface area contributed by atoms with Gasteiger partial charge in [-0.25, -0.2) is 8.78 Å². The Morgan fingerprint density at radius 3 is 2.44 bits per heavy atom. The van der Waals surface area contributed by atoms with E-state index in [2.05, 4.69) is 5.32 Å². The standard InChI is InChI=1S/C13H21F2N/c14-13(15)8-10-6-7-11(16-10)12(13)9-4-2-1-3-5-9/h9-12,16H,1-8H2. The molecule has 2 heterocycles. The number of alkyl halides is 2. The maximum absolute atomic E-state index is 14.2. The molecule has 0 spiro atoms. The highest BCUT2D eigenvalue weighted by atomic mass is 19.3. The van der Waals surface area contributed by atoms with E-state index in [0.29, 0.717) is 0 Å². The minimum absolute atomic E-state index is 0.0880. The molecule has 1 N–H and O–H groups in total. The highest BCUT2D eigenvalue weighted by Crippen LogP contribution is 2.49. The Labute approximate surface area is 96.0 Å². The van der Waals surface area contributed by atoms with Gasteiger partial charge < -0.3 is 5.32 Å². The van der Waals surface area contributed by atoms with E-state index < -0.39 is 5.92 Å². The summed E-state index contributed by atoms with van der Waals surface area (Å²) < 4.78 is 28.3. The zero-order chi connectivity index (χ0) is 11.2. The summed E-state index contributed by atoms with van der Waals surface area (Å²) in [5, 5.41) is 3.41. The first kappa shape index (κ1) is 10.9. The van der Waals surface area contributed by atoms with Crippen LogP contribution in [-0.4, -0.2) is 18.0 Å². The molecule has 0 radical (unpaired) electrons. The number of rotatable bonds is 1. The summed E-state index contributed by atoms with van der Waals surface area (Å²) in [6.07, 6.45) is 7.65. The Hall–Kier alpha value is -0.180. The normalized spacial score (nSPS) is 43.5. The van der Waals surface area contributed by atoms with Gasteiger partial charge in [0.25, 0.3) is 5.92 Å². The maximum Gasteiger partial charge on any atom is 0.254 e. The van der Waals surface area contributed by atoms with Crippen LogP contribution in [-0.2, 0) is 0 Å². The van der Waals surface area contributed by atoms with Crippen LogP contribution in [0.2, 0.25) is 0 Å². The van der Waals surface area contributed by atoms with Gasteiger partial charge in [-0.2, -0.15) is 0 Å². The molecule has 2 saturated heterocycles. The summed E-state index contributed by atoms with van der Waals surface area (Å²) in [4.78, 5) is 0. The predicted octanol–water partition coefficient (Wildman–Crippen LogP) is 3.34. The first-order valence-electron chi connectivity index (χ1n) is 6.81. The fraction of sp³-hybridized carbons (Fsp3) is 1.00. The molecule has 3 rings (SSSR count). The van der Waals surface area contributed by atoms with Gasteiger partial charge in [0, 0.05) is 24.4 Å². The topological polar surface area (TPSA) is 12.0 Å². The number of piperidine rings is 1. The molecule has 1 nitrogen and oxygen atoms in total. The van der Waals surface area contributed by atoms with Crippen molar-refractivity contribution in [3.8, 4) is 0 Å². The van der Waals surface area contributed by atoms with E-state index >= 15 is 0 Å². The Bertz CT molecular complexity index is 261. The number of fused-ring (bicyclic) bond motifs is 2. The van der Waals surface area contributed by atoms with Crippen molar-refractivity contribution < 1.29 is 8.78 Å². The quantitative estimate of drug-likeness (QED) is 0.727. The lowest BCUT2D eigenvalue weighted by atomic mass is 9.72. The molecular weight excluding hydrogens is 208 g/mol. The second-order valence-corrected chi connectivity index (χ2v) is 5.94. The molecule has 3 atom stereocenters. The average Bonchev–Trinajstić information content (AvgIpc) is 2.62. The Kier molecular flexibility index (Phi) is 2.69. The molecule has 1 aliphatic carbocycles. The Morgan fingerprint density at radius 2 is 1.69 bits per heavy atom. The summed E-state index contributed by atoms with van der Waals surface area (Å²) in [6.45, 7) is 0. The van der Waals surface area contributed by atoms with Gasteiger partial charge in [0.15, 0.2) is 0 Å². The lowest BCUT2D eigenvalue weighted by Gasteiger charge is -2.43. The lowest BCUT2D eigenvalue weighted by molar-refractivity contribution is -0.121. The van der Waals surface area contributed by atoms with E-state index in [1.54, 1.807) is 0 Å². The van der Waals surface area contributed by atoms with Gasteiger partial charge >= 0.3 is 0 Å². The van der Waals surface area contributed by atoms with E-state index in [1.807, 2.05) is 0 Å². The number of hydrogen-bond acceptors (Lipinski definition) is 1. The molecule has 16 heavy (non-hydrogen) atoms. The van der Waals surface area contributed by atoms with E-state index in [9.17, 15) is 8.78 Å². The Morgan fingerprint density at radius 1 is 0.938 bits per heavy atom. The van der Waals surface area contributed by atoms with Crippen molar-refractivity contribution in [3.63, 3.8) is 0 Å². The van der Waals surface area contributed by atoms with Crippen LogP contribution in [0.1, 0.15) is 51.4 Å². The Balaban J connectivity index is 1.79. The highest BCUT2D eigenvalue weighted by molar-refractivity contribution is 5.03. The van der Waals surface area contributed by atoms with E-state index in [-0.39, 0.29) is 30.3 Å². The molecule has 0 aromatic carbocycles. The fourth-order valence-corrected chi connectivity index (χ4v) is 4.22. The molecule has 0 aromatic rings. The van der Waals surface area contributed by atoms with E-state index in [1.165, 1.54) is 6.42 Å². The summed E-state index contributed by atoms with van der Waals surface area (Å²) in [6, 6.07) is 0.205. The maximum atomic E-state index is 14.2. The van der Waals surface area contributed by atoms with Crippen LogP contribution in [0.5, 0.6) is 0 Å². The molecule has 2 aliphatic heterocycles. The van der Waals surface area contributed by atoms with Crippen LogP contribution >= 0.6 is 0 Å². The minimum atomic E-state index is -2.40. The largest absolute Gasteiger partial charge is 0.310 e. The van der Waals surface area contributed by atoms with Crippen molar-refractivity contribution in [3.05, 3.63) is 0 Å².